The summed E-state index contributed by atoms with van der Waals surface area (Å²) in [4.78, 5) is 12.7. The van der Waals surface area contributed by atoms with E-state index < -0.39 is 5.97 Å². The van der Waals surface area contributed by atoms with E-state index in [2.05, 4.69) is 11.2 Å². The van der Waals surface area contributed by atoms with E-state index in [-0.39, 0.29) is 0 Å². The fourth-order valence-electron chi connectivity index (χ4n) is 5.70. The first-order chi connectivity index (χ1) is 18.3. The summed E-state index contributed by atoms with van der Waals surface area (Å²) in [5.41, 5.74) is 8.10. The third kappa shape index (κ3) is 4.81. The molecule has 200 valence electrons. The van der Waals surface area contributed by atoms with E-state index in [9.17, 15) is 9.90 Å². The lowest BCUT2D eigenvalue weighted by Crippen LogP contribution is -2.12. The molecule has 0 unspecified atom stereocenters. The van der Waals surface area contributed by atoms with Gasteiger partial charge in [-0.05, 0) is 75.3 Å². The Morgan fingerprint density at radius 1 is 1.18 bits per heavy atom. The largest absolute Gasteiger partial charge is 0.494 e. The molecule has 0 atom stereocenters. The summed E-state index contributed by atoms with van der Waals surface area (Å²) in [5.74, 6) is -0.120. The number of nitrogens with zero attached hydrogens (tertiary/aromatic N) is 3. The normalized spacial score (nSPS) is 13.8. The Balaban J connectivity index is 1.55. The number of aromatic nitrogens is 3. The minimum atomic E-state index is -0.902. The highest BCUT2D eigenvalue weighted by Gasteiger charge is 2.27. The van der Waals surface area contributed by atoms with Gasteiger partial charge in [-0.2, -0.15) is 5.10 Å². The predicted octanol–water partition coefficient (Wildman–Crippen LogP) is 6.64. The van der Waals surface area contributed by atoms with Crippen molar-refractivity contribution in [2.75, 3.05) is 13.2 Å². The van der Waals surface area contributed by atoms with Crippen LogP contribution in [0.25, 0.3) is 22.0 Å². The van der Waals surface area contributed by atoms with E-state index in [1.807, 2.05) is 61.3 Å². The summed E-state index contributed by atoms with van der Waals surface area (Å²) < 4.78 is 15.9. The second kappa shape index (κ2) is 10.8. The number of halogens is 1. The van der Waals surface area contributed by atoms with Crippen LogP contribution in [-0.2, 0) is 31.4 Å². The quantitative estimate of drug-likeness (QED) is 0.280. The maximum atomic E-state index is 12.7. The molecule has 1 aliphatic heterocycles. The molecule has 5 rings (SSSR count). The molecule has 1 N–H and O–H groups in total. The zero-order valence-electron chi connectivity index (χ0n) is 22.4. The SMILES string of the molecule is Cc1cc(OCCCc2c(C(=O)O)n3c4c(cccc24)-c2c(C)nn(C)c2COCCCC3)cc(C)c1Cl. The number of carbonyl (C=O) groups is 1. The molecule has 2 aromatic heterocycles. The van der Waals surface area contributed by atoms with E-state index in [1.165, 1.54) is 0 Å². The molecule has 0 fully saturated rings. The number of aromatic carboxylic acids is 1. The van der Waals surface area contributed by atoms with Gasteiger partial charge in [0.2, 0.25) is 0 Å². The average molecular weight is 536 g/mol. The van der Waals surface area contributed by atoms with Gasteiger partial charge >= 0.3 is 5.97 Å². The monoisotopic (exact) mass is 535 g/mol. The highest BCUT2D eigenvalue weighted by Crippen LogP contribution is 2.39. The van der Waals surface area contributed by atoms with Gasteiger partial charge in [0.15, 0.2) is 0 Å². The van der Waals surface area contributed by atoms with Gasteiger partial charge in [-0.3, -0.25) is 4.68 Å². The van der Waals surface area contributed by atoms with Gasteiger partial charge in [0.1, 0.15) is 11.4 Å². The molecule has 4 aromatic rings. The minimum absolute atomic E-state index is 0.369. The summed E-state index contributed by atoms with van der Waals surface area (Å²) in [5, 5.41) is 16.8. The number of fused-ring (bicyclic) bond motifs is 2. The number of hydrogen-bond acceptors (Lipinski definition) is 4. The van der Waals surface area contributed by atoms with Crippen molar-refractivity contribution >= 4 is 28.5 Å². The molecule has 0 aliphatic carbocycles. The third-order valence-electron chi connectivity index (χ3n) is 7.41. The van der Waals surface area contributed by atoms with Crippen LogP contribution >= 0.6 is 11.6 Å². The van der Waals surface area contributed by atoms with Crippen molar-refractivity contribution < 1.29 is 19.4 Å². The molecule has 7 nitrogen and oxygen atoms in total. The summed E-state index contributed by atoms with van der Waals surface area (Å²) in [7, 11) is 1.94. The first kappa shape index (κ1) is 26.3. The molecule has 0 bridgehead atoms. The van der Waals surface area contributed by atoms with E-state index in [0.29, 0.717) is 44.9 Å². The van der Waals surface area contributed by atoms with E-state index in [4.69, 9.17) is 21.1 Å². The van der Waals surface area contributed by atoms with Crippen molar-refractivity contribution in [3.05, 3.63) is 69.1 Å². The zero-order chi connectivity index (χ0) is 27.0. The lowest BCUT2D eigenvalue weighted by Gasteiger charge is -2.12. The van der Waals surface area contributed by atoms with E-state index >= 15 is 0 Å². The van der Waals surface area contributed by atoms with Crippen LogP contribution in [0.5, 0.6) is 5.75 Å². The molecule has 0 radical (unpaired) electrons. The predicted molar refractivity (Wildman–Crippen MR) is 149 cm³/mol. The van der Waals surface area contributed by atoms with E-state index in [1.54, 1.807) is 0 Å². The molecule has 8 heteroatoms. The number of rotatable bonds is 6. The molecular weight excluding hydrogens is 502 g/mol. The zero-order valence-corrected chi connectivity index (χ0v) is 23.2. The topological polar surface area (TPSA) is 78.5 Å². The highest BCUT2D eigenvalue weighted by atomic mass is 35.5. The molecule has 0 saturated carbocycles. The van der Waals surface area contributed by atoms with Crippen LogP contribution < -0.4 is 4.74 Å². The van der Waals surface area contributed by atoms with Gasteiger partial charge in [0, 0.05) is 41.7 Å². The average Bonchev–Trinajstić information content (AvgIpc) is 3.33. The maximum absolute atomic E-state index is 12.7. The minimum Gasteiger partial charge on any atom is -0.494 e. The molecule has 0 saturated heterocycles. The van der Waals surface area contributed by atoms with Crippen molar-refractivity contribution in [1.29, 1.82) is 0 Å². The summed E-state index contributed by atoms with van der Waals surface area (Å²) in [6.45, 7) is 8.13. The highest BCUT2D eigenvalue weighted by molar-refractivity contribution is 6.32. The number of aryl methyl sites for hydroxylation is 6. The van der Waals surface area contributed by atoms with Crippen LogP contribution in [0.4, 0.5) is 0 Å². The molecule has 1 aliphatic rings. The Morgan fingerprint density at radius 3 is 2.68 bits per heavy atom. The van der Waals surface area contributed by atoms with Crippen molar-refractivity contribution in [2.24, 2.45) is 7.05 Å². The molecule has 0 spiro atoms. The molecule has 0 amide bonds. The molecular formula is C30H34ClN3O4. The number of ether oxygens (including phenoxy) is 2. The standard InChI is InChI=1S/C30H34ClN3O4/c1-18-15-21(16-19(2)27(18)31)38-14-8-11-23-22-9-7-10-24-26-20(3)32-33(4)25(26)17-37-13-6-5-12-34(28(22)24)29(23)30(35)36/h7,9-10,15-16H,5-6,8,11-14,17H2,1-4H3,(H,35,36). The van der Waals surface area contributed by atoms with Gasteiger partial charge in [-0.25, -0.2) is 4.79 Å². The Labute approximate surface area is 227 Å². The summed E-state index contributed by atoms with van der Waals surface area (Å²) in [6.07, 6.45) is 2.98. The second-order valence-corrected chi connectivity index (χ2v) is 10.5. The fraction of sp³-hybridized carbons (Fsp3) is 0.400. The summed E-state index contributed by atoms with van der Waals surface area (Å²) >= 11 is 6.30. The van der Waals surface area contributed by atoms with Gasteiger partial charge in [-0.1, -0.05) is 29.8 Å². The number of hydrogen-bond donors (Lipinski definition) is 1. The molecule has 3 heterocycles. The van der Waals surface area contributed by atoms with E-state index in [0.717, 1.165) is 73.7 Å². The van der Waals surface area contributed by atoms with Crippen molar-refractivity contribution in [1.82, 2.24) is 14.3 Å². The lowest BCUT2D eigenvalue weighted by molar-refractivity contribution is 0.0683. The number of carboxylic acids is 1. The smallest absolute Gasteiger partial charge is 0.352 e. The van der Waals surface area contributed by atoms with Crippen LogP contribution in [-0.4, -0.2) is 38.6 Å². The van der Waals surface area contributed by atoms with Crippen molar-refractivity contribution in [3.8, 4) is 16.9 Å². The Kier molecular flexibility index (Phi) is 7.50. The Morgan fingerprint density at radius 2 is 1.95 bits per heavy atom. The van der Waals surface area contributed by atoms with Crippen LogP contribution in [0.1, 0.15) is 57.8 Å². The van der Waals surface area contributed by atoms with Crippen LogP contribution in [0.3, 0.4) is 0 Å². The molecule has 2 aromatic carbocycles. The number of benzene rings is 2. The van der Waals surface area contributed by atoms with Gasteiger partial charge < -0.3 is 19.1 Å². The lowest BCUT2D eigenvalue weighted by atomic mass is 9.98. The third-order valence-corrected chi connectivity index (χ3v) is 8.00. The van der Waals surface area contributed by atoms with Crippen molar-refractivity contribution in [3.63, 3.8) is 0 Å². The van der Waals surface area contributed by atoms with Gasteiger partial charge in [-0.15, -0.1) is 0 Å². The number of para-hydroxylation sites is 1. The van der Waals surface area contributed by atoms with Crippen molar-refractivity contribution in [2.45, 2.75) is 59.6 Å². The van der Waals surface area contributed by atoms with Gasteiger partial charge in [0.05, 0.1) is 30.1 Å². The summed E-state index contributed by atoms with van der Waals surface area (Å²) in [6, 6.07) is 10.0. The Hall–Kier alpha value is -3.29. The first-order valence-corrected chi connectivity index (χ1v) is 13.5. The van der Waals surface area contributed by atoms with Crippen LogP contribution in [0.2, 0.25) is 5.02 Å². The number of carboxylic acid groups (broad SMARTS) is 1. The second-order valence-electron chi connectivity index (χ2n) is 10.1. The molecule has 38 heavy (non-hydrogen) atoms. The first-order valence-electron chi connectivity index (χ1n) is 13.2. The van der Waals surface area contributed by atoms with Gasteiger partial charge in [0.25, 0.3) is 0 Å². The fourth-order valence-corrected chi connectivity index (χ4v) is 5.81. The maximum Gasteiger partial charge on any atom is 0.352 e. The van der Waals surface area contributed by atoms with Crippen LogP contribution in [0, 0.1) is 20.8 Å². The Bertz CT molecular complexity index is 1490. The van der Waals surface area contributed by atoms with Crippen LogP contribution in [0.15, 0.2) is 30.3 Å².